The van der Waals surface area contributed by atoms with E-state index >= 15 is 0 Å². The summed E-state index contributed by atoms with van der Waals surface area (Å²) < 4.78 is 0. The normalized spacial score (nSPS) is 22.9. The molecule has 0 aromatic heterocycles. The van der Waals surface area contributed by atoms with Crippen molar-refractivity contribution in [2.45, 2.75) is 50.3 Å². The molecule has 2 rings (SSSR count). The zero-order chi connectivity index (χ0) is 12.5. The van der Waals surface area contributed by atoms with E-state index < -0.39 is 5.97 Å². The molecule has 0 saturated heterocycles. The number of carboxylic acids is 1. The molecule has 0 bridgehead atoms. The summed E-state index contributed by atoms with van der Waals surface area (Å²) in [4.78, 5) is 22.4. The minimum Gasteiger partial charge on any atom is -0.481 e. The number of amides is 1. The maximum atomic E-state index is 11.7. The Balaban J connectivity index is 1.69. The number of thioether (sulfide) groups is 1. The standard InChI is InChI=1S/C12H19NO3S/c1-8(11(16)13-9-2-3-9)17-7-12(4-5-12)6-10(14)15/h8-9H,2-7H2,1H3,(H,13,16)(H,14,15). The topological polar surface area (TPSA) is 66.4 Å². The molecule has 1 unspecified atom stereocenters. The fourth-order valence-electron chi connectivity index (χ4n) is 1.79. The molecule has 17 heavy (non-hydrogen) atoms. The van der Waals surface area contributed by atoms with Gasteiger partial charge in [0.2, 0.25) is 5.91 Å². The predicted octanol–water partition coefficient (Wildman–Crippen LogP) is 1.64. The van der Waals surface area contributed by atoms with Gasteiger partial charge in [0.05, 0.1) is 11.7 Å². The molecule has 0 heterocycles. The zero-order valence-electron chi connectivity index (χ0n) is 10.1. The average molecular weight is 257 g/mol. The molecular weight excluding hydrogens is 238 g/mol. The van der Waals surface area contributed by atoms with Gasteiger partial charge in [-0.2, -0.15) is 0 Å². The van der Waals surface area contributed by atoms with Crippen molar-refractivity contribution in [3.63, 3.8) is 0 Å². The fraction of sp³-hybridized carbons (Fsp3) is 0.833. The smallest absolute Gasteiger partial charge is 0.303 e. The lowest BCUT2D eigenvalue weighted by molar-refractivity contribution is -0.138. The van der Waals surface area contributed by atoms with Crippen LogP contribution in [0.15, 0.2) is 0 Å². The van der Waals surface area contributed by atoms with Crippen molar-refractivity contribution < 1.29 is 14.7 Å². The van der Waals surface area contributed by atoms with Crippen LogP contribution in [0.2, 0.25) is 0 Å². The van der Waals surface area contributed by atoms with Crippen LogP contribution < -0.4 is 5.32 Å². The molecule has 1 amide bonds. The Morgan fingerprint density at radius 3 is 2.59 bits per heavy atom. The molecule has 0 spiro atoms. The predicted molar refractivity (Wildman–Crippen MR) is 67.0 cm³/mol. The summed E-state index contributed by atoms with van der Waals surface area (Å²) in [6.07, 6.45) is 4.43. The second-order valence-electron chi connectivity index (χ2n) is 5.31. The molecule has 0 radical (unpaired) electrons. The number of hydrogen-bond acceptors (Lipinski definition) is 3. The average Bonchev–Trinajstić information content (AvgIpc) is 3.12. The number of carbonyl (C=O) groups is 2. The van der Waals surface area contributed by atoms with Gasteiger partial charge in [0.25, 0.3) is 0 Å². The molecule has 2 fully saturated rings. The monoisotopic (exact) mass is 257 g/mol. The van der Waals surface area contributed by atoms with Crippen LogP contribution in [0.3, 0.4) is 0 Å². The molecule has 1 atom stereocenters. The highest BCUT2D eigenvalue weighted by molar-refractivity contribution is 8.00. The van der Waals surface area contributed by atoms with Crippen molar-refractivity contribution in [1.82, 2.24) is 5.32 Å². The fourth-order valence-corrected chi connectivity index (χ4v) is 3.01. The maximum absolute atomic E-state index is 11.7. The van der Waals surface area contributed by atoms with Crippen LogP contribution in [0.1, 0.15) is 39.0 Å². The van der Waals surface area contributed by atoms with E-state index in [4.69, 9.17) is 5.11 Å². The van der Waals surface area contributed by atoms with Crippen molar-refractivity contribution in [2.24, 2.45) is 5.41 Å². The van der Waals surface area contributed by atoms with Gasteiger partial charge in [-0.15, -0.1) is 11.8 Å². The third-order valence-electron chi connectivity index (χ3n) is 3.42. The highest BCUT2D eigenvalue weighted by atomic mass is 32.2. The summed E-state index contributed by atoms with van der Waals surface area (Å²) in [7, 11) is 0. The first-order valence-electron chi connectivity index (χ1n) is 6.15. The number of nitrogens with one attached hydrogen (secondary N) is 1. The Morgan fingerprint density at radius 1 is 1.47 bits per heavy atom. The van der Waals surface area contributed by atoms with Crippen LogP contribution >= 0.6 is 11.8 Å². The van der Waals surface area contributed by atoms with E-state index in [2.05, 4.69) is 5.32 Å². The van der Waals surface area contributed by atoms with E-state index in [1.165, 1.54) is 0 Å². The number of hydrogen-bond donors (Lipinski definition) is 2. The van der Waals surface area contributed by atoms with E-state index in [0.717, 1.165) is 31.4 Å². The highest BCUT2D eigenvalue weighted by Crippen LogP contribution is 2.51. The van der Waals surface area contributed by atoms with Gasteiger partial charge in [0, 0.05) is 11.8 Å². The zero-order valence-corrected chi connectivity index (χ0v) is 10.9. The van der Waals surface area contributed by atoms with Gasteiger partial charge in [-0.25, -0.2) is 0 Å². The molecule has 96 valence electrons. The van der Waals surface area contributed by atoms with Crippen molar-refractivity contribution in [3.8, 4) is 0 Å². The first-order chi connectivity index (χ1) is 8.01. The molecule has 0 aromatic rings. The Hall–Kier alpha value is -0.710. The van der Waals surface area contributed by atoms with Crippen LogP contribution in [0.25, 0.3) is 0 Å². The third-order valence-corrected chi connectivity index (χ3v) is 4.91. The van der Waals surface area contributed by atoms with Crippen molar-refractivity contribution in [3.05, 3.63) is 0 Å². The van der Waals surface area contributed by atoms with Gasteiger partial charge >= 0.3 is 5.97 Å². The van der Waals surface area contributed by atoms with Gasteiger partial charge in [0.15, 0.2) is 0 Å². The molecule has 5 heteroatoms. The van der Waals surface area contributed by atoms with Crippen molar-refractivity contribution >= 4 is 23.6 Å². The Labute approximate surface area is 106 Å². The summed E-state index contributed by atoms with van der Waals surface area (Å²) in [6.45, 7) is 1.90. The van der Waals surface area contributed by atoms with Crippen molar-refractivity contribution in [2.75, 3.05) is 5.75 Å². The molecule has 0 aliphatic heterocycles. The first-order valence-corrected chi connectivity index (χ1v) is 7.19. The number of carbonyl (C=O) groups excluding carboxylic acids is 1. The highest BCUT2D eigenvalue weighted by Gasteiger charge is 2.44. The Morgan fingerprint density at radius 2 is 2.12 bits per heavy atom. The van der Waals surface area contributed by atoms with Gasteiger partial charge in [-0.3, -0.25) is 9.59 Å². The minimum atomic E-state index is -0.724. The van der Waals surface area contributed by atoms with E-state index in [1.807, 2.05) is 6.92 Å². The molecule has 2 N–H and O–H groups in total. The molecular formula is C12H19NO3S. The SMILES string of the molecule is CC(SCC1(CC(=O)O)CC1)C(=O)NC1CC1. The van der Waals surface area contributed by atoms with Gasteiger partial charge in [-0.1, -0.05) is 0 Å². The molecule has 2 aliphatic rings. The lowest BCUT2D eigenvalue weighted by Gasteiger charge is -2.16. The van der Waals surface area contributed by atoms with Gasteiger partial charge in [0.1, 0.15) is 0 Å². The molecule has 4 nitrogen and oxygen atoms in total. The Bertz CT molecular complexity index is 324. The molecule has 0 aromatic carbocycles. The second-order valence-corrected chi connectivity index (χ2v) is 6.64. The third kappa shape index (κ3) is 3.91. The maximum Gasteiger partial charge on any atom is 0.303 e. The largest absolute Gasteiger partial charge is 0.481 e. The van der Waals surface area contributed by atoms with Crippen LogP contribution in [0, 0.1) is 5.41 Å². The number of carboxylic acid groups (broad SMARTS) is 1. The lowest BCUT2D eigenvalue weighted by Crippen LogP contribution is -2.33. The van der Waals surface area contributed by atoms with Gasteiger partial charge in [-0.05, 0) is 38.0 Å². The van der Waals surface area contributed by atoms with Crippen molar-refractivity contribution in [1.29, 1.82) is 0 Å². The summed E-state index contributed by atoms with van der Waals surface area (Å²) in [6, 6.07) is 0.402. The second kappa shape index (κ2) is 4.88. The summed E-state index contributed by atoms with van der Waals surface area (Å²) >= 11 is 1.59. The van der Waals surface area contributed by atoms with Crippen LogP contribution in [0.4, 0.5) is 0 Å². The lowest BCUT2D eigenvalue weighted by atomic mass is 10.1. The van der Waals surface area contributed by atoms with E-state index in [0.29, 0.717) is 6.04 Å². The molecule has 2 aliphatic carbocycles. The van der Waals surface area contributed by atoms with E-state index in [9.17, 15) is 9.59 Å². The first kappa shape index (κ1) is 12.7. The van der Waals surface area contributed by atoms with Crippen LogP contribution in [-0.2, 0) is 9.59 Å². The molecule has 2 saturated carbocycles. The van der Waals surface area contributed by atoms with Crippen LogP contribution in [0.5, 0.6) is 0 Å². The summed E-state index contributed by atoms with van der Waals surface area (Å²) in [5.41, 5.74) is -0.0232. The van der Waals surface area contributed by atoms with E-state index in [1.54, 1.807) is 11.8 Å². The number of aliphatic carboxylic acids is 1. The number of rotatable bonds is 7. The minimum absolute atomic E-state index is 0.0232. The quantitative estimate of drug-likeness (QED) is 0.727. The van der Waals surface area contributed by atoms with E-state index in [-0.39, 0.29) is 23.0 Å². The Kier molecular flexibility index (Phi) is 3.66. The van der Waals surface area contributed by atoms with Crippen LogP contribution in [-0.4, -0.2) is 34.0 Å². The summed E-state index contributed by atoms with van der Waals surface area (Å²) in [5.74, 6) is 0.167. The summed E-state index contributed by atoms with van der Waals surface area (Å²) in [5, 5.41) is 11.7. The van der Waals surface area contributed by atoms with Gasteiger partial charge < -0.3 is 10.4 Å².